The van der Waals surface area contributed by atoms with Crippen LogP contribution in [-0.2, 0) is 0 Å². The number of aromatic hydroxyl groups is 2. The molecule has 3 atom stereocenters. The molecule has 1 heterocycles. The van der Waals surface area contributed by atoms with Gasteiger partial charge in [0.2, 0.25) is 0 Å². The summed E-state index contributed by atoms with van der Waals surface area (Å²) in [4.78, 5) is 2.27. The highest BCUT2D eigenvalue weighted by Gasteiger charge is 2.30. The average Bonchev–Trinajstić information content (AvgIpc) is 2.58. The van der Waals surface area contributed by atoms with Gasteiger partial charge in [0, 0.05) is 36.8 Å². The van der Waals surface area contributed by atoms with Crippen LogP contribution in [0, 0.1) is 5.92 Å². The summed E-state index contributed by atoms with van der Waals surface area (Å²) in [7, 11) is 0. The van der Waals surface area contributed by atoms with Crippen LogP contribution < -0.4 is 5.73 Å². The van der Waals surface area contributed by atoms with Gasteiger partial charge in [-0.05, 0) is 18.9 Å². The van der Waals surface area contributed by atoms with Gasteiger partial charge >= 0.3 is 0 Å². The van der Waals surface area contributed by atoms with E-state index in [0.717, 1.165) is 18.7 Å². The number of hydrogen-bond acceptors (Lipinski definition) is 4. The Kier molecular flexibility index (Phi) is 3.26. The number of benzene rings is 1. The van der Waals surface area contributed by atoms with Crippen LogP contribution in [0.3, 0.4) is 0 Å². The van der Waals surface area contributed by atoms with Crippen molar-refractivity contribution in [1.29, 1.82) is 0 Å². The smallest absolute Gasteiger partial charge is 0.124 e. The quantitative estimate of drug-likeness (QED) is 0.726. The largest absolute Gasteiger partial charge is 0.508 e. The van der Waals surface area contributed by atoms with Crippen LogP contribution in [0.4, 0.5) is 0 Å². The molecule has 3 unspecified atom stereocenters. The molecule has 0 bridgehead atoms. The first-order valence-electron chi connectivity index (χ1n) is 6.00. The van der Waals surface area contributed by atoms with E-state index >= 15 is 0 Å². The van der Waals surface area contributed by atoms with E-state index in [1.807, 2.05) is 0 Å². The first-order chi connectivity index (χ1) is 7.99. The van der Waals surface area contributed by atoms with E-state index in [2.05, 4.69) is 18.7 Å². The van der Waals surface area contributed by atoms with Gasteiger partial charge in [-0.3, -0.25) is 4.90 Å². The monoisotopic (exact) mass is 236 g/mol. The summed E-state index contributed by atoms with van der Waals surface area (Å²) < 4.78 is 0. The topological polar surface area (TPSA) is 69.7 Å². The second-order valence-corrected chi connectivity index (χ2v) is 5.01. The first kappa shape index (κ1) is 12.2. The fraction of sp³-hybridized carbons (Fsp3) is 0.538. The molecule has 0 spiro atoms. The Hall–Kier alpha value is -1.26. The van der Waals surface area contributed by atoms with E-state index in [9.17, 15) is 10.2 Å². The molecule has 4 heteroatoms. The Labute approximate surface area is 102 Å². The number of nitrogens with zero attached hydrogens (tertiary/aromatic N) is 1. The number of likely N-dealkylation sites (tertiary alicyclic amines) is 1. The van der Waals surface area contributed by atoms with Gasteiger partial charge in [-0.15, -0.1) is 0 Å². The zero-order valence-electron chi connectivity index (χ0n) is 10.3. The van der Waals surface area contributed by atoms with Gasteiger partial charge in [0.25, 0.3) is 0 Å². The van der Waals surface area contributed by atoms with E-state index in [-0.39, 0.29) is 23.6 Å². The highest BCUT2D eigenvalue weighted by molar-refractivity contribution is 5.40. The zero-order valence-corrected chi connectivity index (χ0v) is 10.3. The summed E-state index contributed by atoms with van der Waals surface area (Å²) in [5, 5.41) is 19.1. The summed E-state index contributed by atoms with van der Waals surface area (Å²) in [6.07, 6.45) is 0. The summed E-state index contributed by atoms with van der Waals surface area (Å²) in [5.41, 5.74) is 6.84. The Bertz CT molecular complexity index is 398. The molecule has 0 radical (unpaired) electrons. The van der Waals surface area contributed by atoms with Gasteiger partial charge in [-0.2, -0.15) is 0 Å². The number of nitrogens with two attached hydrogens (primary N) is 1. The van der Waals surface area contributed by atoms with Gasteiger partial charge in [0.05, 0.1) is 0 Å². The Balaban J connectivity index is 2.17. The van der Waals surface area contributed by atoms with Crippen LogP contribution in [0.5, 0.6) is 11.5 Å². The van der Waals surface area contributed by atoms with E-state index in [1.165, 1.54) is 6.07 Å². The number of phenolic OH excluding ortho intramolecular Hbond substituents is 2. The Morgan fingerprint density at radius 2 is 2.06 bits per heavy atom. The van der Waals surface area contributed by atoms with Crippen molar-refractivity contribution in [3.63, 3.8) is 0 Å². The molecule has 4 N–H and O–H groups in total. The van der Waals surface area contributed by atoms with Crippen molar-refractivity contribution >= 4 is 0 Å². The molecule has 0 amide bonds. The van der Waals surface area contributed by atoms with E-state index < -0.39 is 0 Å². The third-order valence-corrected chi connectivity index (χ3v) is 3.71. The molecule has 0 saturated carbocycles. The molecular weight excluding hydrogens is 216 g/mol. The standard InChI is InChI=1S/C13H20N2O2/c1-8-6-15(7-12(8)14)9(2)11-4-3-10(16)5-13(11)17/h3-5,8-9,12,16-17H,6-7,14H2,1-2H3. The molecule has 1 saturated heterocycles. The van der Waals surface area contributed by atoms with Gasteiger partial charge in [-0.1, -0.05) is 13.0 Å². The maximum absolute atomic E-state index is 9.84. The van der Waals surface area contributed by atoms with Crippen LogP contribution in [-0.4, -0.2) is 34.2 Å². The minimum Gasteiger partial charge on any atom is -0.508 e. The highest BCUT2D eigenvalue weighted by Crippen LogP contribution is 2.33. The summed E-state index contributed by atoms with van der Waals surface area (Å²) in [6.45, 7) is 6.00. The van der Waals surface area contributed by atoms with E-state index in [1.54, 1.807) is 12.1 Å². The second kappa shape index (κ2) is 4.55. The van der Waals surface area contributed by atoms with E-state index in [4.69, 9.17) is 5.73 Å². The lowest BCUT2D eigenvalue weighted by atomic mass is 10.1. The predicted molar refractivity (Wildman–Crippen MR) is 66.9 cm³/mol. The third kappa shape index (κ3) is 2.37. The molecule has 1 aromatic rings. The zero-order chi connectivity index (χ0) is 12.6. The third-order valence-electron chi connectivity index (χ3n) is 3.71. The lowest BCUT2D eigenvalue weighted by Crippen LogP contribution is -2.29. The first-order valence-corrected chi connectivity index (χ1v) is 6.00. The molecule has 0 aliphatic carbocycles. The number of rotatable bonds is 2. The lowest BCUT2D eigenvalue weighted by molar-refractivity contribution is 0.248. The lowest BCUT2D eigenvalue weighted by Gasteiger charge is -2.25. The molecule has 0 aromatic heterocycles. The van der Waals surface area contributed by atoms with Crippen molar-refractivity contribution in [3.05, 3.63) is 23.8 Å². The van der Waals surface area contributed by atoms with Crippen LogP contribution in [0.25, 0.3) is 0 Å². The minimum atomic E-state index is 0.0879. The van der Waals surface area contributed by atoms with Crippen molar-refractivity contribution in [2.24, 2.45) is 11.7 Å². The second-order valence-electron chi connectivity index (χ2n) is 5.01. The van der Waals surface area contributed by atoms with Crippen molar-refractivity contribution in [2.75, 3.05) is 13.1 Å². The fourth-order valence-corrected chi connectivity index (χ4v) is 2.43. The predicted octanol–water partition coefficient (Wildman–Crippen LogP) is 1.44. The number of hydrogen-bond donors (Lipinski definition) is 3. The summed E-state index contributed by atoms with van der Waals surface area (Å²) in [5.74, 6) is 0.715. The van der Waals surface area contributed by atoms with Crippen LogP contribution in [0.15, 0.2) is 18.2 Å². The van der Waals surface area contributed by atoms with Gasteiger partial charge in [-0.25, -0.2) is 0 Å². The maximum atomic E-state index is 9.84. The normalized spacial score (nSPS) is 27.2. The minimum absolute atomic E-state index is 0.0879. The van der Waals surface area contributed by atoms with Crippen molar-refractivity contribution in [2.45, 2.75) is 25.9 Å². The van der Waals surface area contributed by atoms with Crippen molar-refractivity contribution < 1.29 is 10.2 Å². The van der Waals surface area contributed by atoms with Crippen LogP contribution in [0.2, 0.25) is 0 Å². The van der Waals surface area contributed by atoms with Crippen molar-refractivity contribution in [3.8, 4) is 11.5 Å². The van der Waals surface area contributed by atoms with E-state index in [0.29, 0.717) is 5.92 Å². The van der Waals surface area contributed by atoms with Gasteiger partial charge in [0.15, 0.2) is 0 Å². The SMILES string of the molecule is CC1CN(C(C)c2ccc(O)cc2O)CC1N. The molecule has 94 valence electrons. The molecular formula is C13H20N2O2. The Morgan fingerprint density at radius 1 is 1.35 bits per heavy atom. The van der Waals surface area contributed by atoms with Gasteiger partial charge in [0.1, 0.15) is 11.5 Å². The van der Waals surface area contributed by atoms with Gasteiger partial charge < -0.3 is 15.9 Å². The maximum Gasteiger partial charge on any atom is 0.124 e. The van der Waals surface area contributed by atoms with Crippen LogP contribution in [0.1, 0.15) is 25.5 Å². The molecule has 1 aliphatic heterocycles. The molecule has 1 aliphatic rings. The molecule has 4 nitrogen and oxygen atoms in total. The summed E-state index contributed by atoms with van der Waals surface area (Å²) in [6, 6.07) is 5.07. The molecule has 2 rings (SSSR count). The summed E-state index contributed by atoms with van der Waals surface area (Å²) >= 11 is 0. The molecule has 17 heavy (non-hydrogen) atoms. The van der Waals surface area contributed by atoms with Crippen molar-refractivity contribution in [1.82, 2.24) is 4.90 Å². The molecule has 1 aromatic carbocycles. The van der Waals surface area contributed by atoms with Crippen LogP contribution >= 0.6 is 0 Å². The molecule has 1 fully saturated rings. The highest BCUT2D eigenvalue weighted by atomic mass is 16.3. The Morgan fingerprint density at radius 3 is 2.59 bits per heavy atom. The average molecular weight is 236 g/mol. The number of phenols is 2. The fourth-order valence-electron chi connectivity index (χ4n) is 2.43.